The molecule has 22 heavy (non-hydrogen) atoms. The molecule has 0 saturated carbocycles. The fraction of sp³-hybridized carbons (Fsp3) is 0.188. The second-order valence-electron chi connectivity index (χ2n) is 4.39. The van der Waals surface area contributed by atoms with Gasteiger partial charge in [0.15, 0.2) is 11.5 Å². The van der Waals surface area contributed by atoms with E-state index in [-0.39, 0.29) is 6.61 Å². The average molecular weight is 341 g/mol. The summed E-state index contributed by atoms with van der Waals surface area (Å²) in [4.78, 5) is 11.6. The maximum atomic E-state index is 11.6. The average Bonchev–Trinajstić information content (AvgIpc) is 2.54. The number of halogens is 2. The van der Waals surface area contributed by atoms with Crippen molar-refractivity contribution in [2.75, 3.05) is 14.2 Å². The van der Waals surface area contributed by atoms with Crippen LogP contribution in [0.25, 0.3) is 0 Å². The zero-order valence-corrected chi connectivity index (χ0v) is 13.6. The highest BCUT2D eigenvalue weighted by Gasteiger charge is 2.12. The van der Waals surface area contributed by atoms with Gasteiger partial charge in [-0.3, -0.25) is 0 Å². The van der Waals surface area contributed by atoms with Crippen molar-refractivity contribution in [2.24, 2.45) is 0 Å². The van der Waals surface area contributed by atoms with Crippen molar-refractivity contribution in [2.45, 2.75) is 6.61 Å². The number of carbonyl (C=O) groups is 1. The van der Waals surface area contributed by atoms with E-state index in [9.17, 15) is 4.79 Å². The number of hydrogen-bond donors (Lipinski definition) is 0. The molecule has 4 nitrogen and oxygen atoms in total. The predicted octanol–water partition coefficient (Wildman–Crippen LogP) is 4.37. The first-order valence-corrected chi connectivity index (χ1v) is 7.14. The summed E-state index contributed by atoms with van der Waals surface area (Å²) in [6.07, 6.45) is 0. The Morgan fingerprint density at radius 1 is 1.00 bits per heavy atom. The van der Waals surface area contributed by atoms with Gasteiger partial charge in [-0.15, -0.1) is 0 Å². The van der Waals surface area contributed by atoms with Crippen molar-refractivity contribution in [1.29, 1.82) is 0 Å². The molecule has 0 aliphatic carbocycles. The molecule has 2 aromatic carbocycles. The van der Waals surface area contributed by atoms with Gasteiger partial charge >= 0.3 is 5.97 Å². The van der Waals surface area contributed by atoms with Gasteiger partial charge in [0.1, 0.15) is 6.61 Å². The first-order chi connectivity index (χ1) is 10.5. The maximum Gasteiger partial charge on any atom is 0.337 e. The minimum Gasteiger partial charge on any atom is -0.493 e. The molecule has 0 atom stereocenters. The Morgan fingerprint density at radius 3 is 2.41 bits per heavy atom. The fourth-order valence-corrected chi connectivity index (χ4v) is 2.15. The zero-order chi connectivity index (χ0) is 16.1. The SMILES string of the molecule is COC(=O)c1ccc(OC)c(OCc2ccc(Cl)c(Cl)c2)c1. The van der Waals surface area contributed by atoms with Gasteiger partial charge in [-0.1, -0.05) is 29.3 Å². The van der Waals surface area contributed by atoms with Crippen molar-refractivity contribution >= 4 is 29.2 Å². The highest BCUT2D eigenvalue weighted by molar-refractivity contribution is 6.42. The molecule has 0 aromatic heterocycles. The van der Waals surface area contributed by atoms with Gasteiger partial charge < -0.3 is 14.2 Å². The number of methoxy groups -OCH3 is 2. The van der Waals surface area contributed by atoms with E-state index >= 15 is 0 Å². The normalized spacial score (nSPS) is 10.2. The molecular weight excluding hydrogens is 327 g/mol. The van der Waals surface area contributed by atoms with Crippen LogP contribution in [0.4, 0.5) is 0 Å². The number of ether oxygens (including phenoxy) is 3. The molecule has 0 spiro atoms. The van der Waals surface area contributed by atoms with E-state index in [2.05, 4.69) is 4.74 Å². The third-order valence-electron chi connectivity index (χ3n) is 2.96. The van der Waals surface area contributed by atoms with Crippen molar-refractivity contribution in [1.82, 2.24) is 0 Å². The van der Waals surface area contributed by atoms with Crippen LogP contribution >= 0.6 is 23.2 Å². The highest BCUT2D eigenvalue weighted by atomic mass is 35.5. The minimum absolute atomic E-state index is 0.262. The third kappa shape index (κ3) is 3.84. The van der Waals surface area contributed by atoms with Gasteiger partial charge in [0.2, 0.25) is 0 Å². The second-order valence-corrected chi connectivity index (χ2v) is 5.21. The van der Waals surface area contributed by atoms with Crippen molar-refractivity contribution in [3.05, 3.63) is 57.6 Å². The lowest BCUT2D eigenvalue weighted by molar-refractivity contribution is 0.0600. The van der Waals surface area contributed by atoms with E-state index < -0.39 is 5.97 Å². The Hall–Kier alpha value is -1.91. The molecule has 0 unspecified atom stereocenters. The molecule has 0 aliphatic heterocycles. The Bertz CT molecular complexity index is 686. The summed E-state index contributed by atoms with van der Waals surface area (Å²) < 4.78 is 15.6. The summed E-state index contributed by atoms with van der Waals surface area (Å²) in [5.41, 5.74) is 1.23. The topological polar surface area (TPSA) is 44.8 Å². The standard InChI is InChI=1S/C16H14Cl2O4/c1-20-14-6-4-11(16(19)21-2)8-15(14)22-9-10-3-5-12(17)13(18)7-10/h3-8H,9H2,1-2H3. The van der Waals surface area contributed by atoms with Crippen LogP contribution in [0.15, 0.2) is 36.4 Å². The van der Waals surface area contributed by atoms with E-state index in [1.54, 1.807) is 30.3 Å². The van der Waals surface area contributed by atoms with Gasteiger partial charge in [0, 0.05) is 0 Å². The lowest BCUT2D eigenvalue weighted by Crippen LogP contribution is -2.03. The first kappa shape index (κ1) is 16.5. The second kappa shape index (κ2) is 7.38. The van der Waals surface area contributed by atoms with Crippen LogP contribution in [0.1, 0.15) is 15.9 Å². The molecule has 0 N–H and O–H groups in total. The lowest BCUT2D eigenvalue weighted by Gasteiger charge is -2.12. The van der Waals surface area contributed by atoms with Gasteiger partial charge in [0.25, 0.3) is 0 Å². The van der Waals surface area contributed by atoms with Crippen molar-refractivity contribution < 1.29 is 19.0 Å². The van der Waals surface area contributed by atoms with Crippen molar-refractivity contribution in [3.63, 3.8) is 0 Å². The molecule has 0 bridgehead atoms. The van der Waals surface area contributed by atoms with Crippen LogP contribution in [0.3, 0.4) is 0 Å². The van der Waals surface area contributed by atoms with E-state index in [1.165, 1.54) is 14.2 Å². The molecule has 0 amide bonds. The van der Waals surface area contributed by atoms with E-state index in [1.807, 2.05) is 6.07 Å². The Labute approximate surface area is 138 Å². The molecule has 2 aromatic rings. The Kier molecular flexibility index (Phi) is 5.52. The quantitative estimate of drug-likeness (QED) is 0.758. The summed E-state index contributed by atoms with van der Waals surface area (Å²) in [6.45, 7) is 0.262. The van der Waals surface area contributed by atoms with Crippen LogP contribution in [-0.4, -0.2) is 20.2 Å². The van der Waals surface area contributed by atoms with E-state index in [0.717, 1.165) is 5.56 Å². The highest BCUT2D eigenvalue weighted by Crippen LogP contribution is 2.30. The van der Waals surface area contributed by atoms with Crippen LogP contribution in [0.2, 0.25) is 10.0 Å². The summed E-state index contributed by atoms with van der Waals surface area (Å²) in [6, 6.07) is 10.1. The molecule has 0 fully saturated rings. The van der Waals surface area contributed by atoms with Crippen LogP contribution in [-0.2, 0) is 11.3 Å². The molecule has 0 heterocycles. The lowest BCUT2D eigenvalue weighted by atomic mass is 10.2. The maximum absolute atomic E-state index is 11.6. The number of hydrogen-bond acceptors (Lipinski definition) is 4. The number of benzene rings is 2. The summed E-state index contributed by atoms with van der Waals surface area (Å²) >= 11 is 11.8. The third-order valence-corrected chi connectivity index (χ3v) is 3.70. The molecule has 0 saturated heterocycles. The number of rotatable bonds is 5. The van der Waals surface area contributed by atoms with E-state index in [4.69, 9.17) is 32.7 Å². The Balaban J connectivity index is 2.20. The number of esters is 1. The monoisotopic (exact) mass is 340 g/mol. The molecule has 6 heteroatoms. The minimum atomic E-state index is -0.443. The first-order valence-electron chi connectivity index (χ1n) is 6.38. The molecule has 116 valence electrons. The Morgan fingerprint density at radius 2 is 1.77 bits per heavy atom. The van der Waals surface area contributed by atoms with Crippen molar-refractivity contribution in [3.8, 4) is 11.5 Å². The van der Waals surface area contributed by atoms with Gasteiger partial charge in [-0.25, -0.2) is 4.79 Å². The fourth-order valence-electron chi connectivity index (χ4n) is 1.82. The van der Waals surface area contributed by atoms with Gasteiger partial charge in [0.05, 0.1) is 29.8 Å². The summed E-state index contributed by atoms with van der Waals surface area (Å²) in [5.74, 6) is 0.520. The molecule has 0 radical (unpaired) electrons. The molecule has 0 aliphatic rings. The summed E-state index contributed by atoms with van der Waals surface area (Å²) in [5, 5.41) is 0.939. The molecule has 2 rings (SSSR count). The van der Waals surface area contributed by atoms with Crippen LogP contribution < -0.4 is 9.47 Å². The van der Waals surface area contributed by atoms with E-state index in [0.29, 0.717) is 27.1 Å². The zero-order valence-electron chi connectivity index (χ0n) is 12.1. The van der Waals surface area contributed by atoms with Gasteiger partial charge in [-0.05, 0) is 35.9 Å². The smallest absolute Gasteiger partial charge is 0.337 e. The van der Waals surface area contributed by atoms with Crippen LogP contribution in [0.5, 0.6) is 11.5 Å². The predicted molar refractivity (Wildman–Crippen MR) is 85.1 cm³/mol. The largest absolute Gasteiger partial charge is 0.493 e. The van der Waals surface area contributed by atoms with Crippen LogP contribution in [0, 0.1) is 0 Å². The molecular formula is C16H14Cl2O4. The van der Waals surface area contributed by atoms with Gasteiger partial charge in [-0.2, -0.15) is 0 Å². The summed E-state index contributed by atoms with van der Waals surface area (Å²) in [7, 11) is 2.85. The number of carbonyl (C=O) groups excluding carboxylic acids is 1.